The molecular weight excluding hydrogens is 489 g/mol. The molecule has 2 rings (SSSR count). The van der Waals surface area contributed by atoms with E-state index in [4.69, 9.17) is 11.2 Å². The lowest BCUT2D eigenvalue weighted by Crippen LogP contribution is -2.40. The lowest BCUT2D eigenvalue weighted by molar-refractivity contribution is -0.339. The molecule has 2 heterocycles. The van der Waals surface area contributed by atoms with Crippen LogP contribution >= 0.6 is 23.5 Å². The zero-order valence-corrected chi connectivity index (χ0v) is 17.9. The van der Waals surface area contributed by atoms with Crippen molar-refractivity contribution in [1.82, 2.24) is 9.55 Å². The molecule has 2 N–H and O–H groups in total. The molecule has 16 nitrogen and oxygen atoms in total. The van der Waals surface area contributed by atoms with Gasteiger partial charge in [0.15, 0.2) is 6.23 Å². The highest BCUT2D eigenvalue weighted by atomic mass is 31.3. The minimum Gasteiger partial charge on any atom is -0.790 e. The summed E-state index contributed by atoms with van der Waals surface area (Å²) in [7, 11) is -18.2. The van der Waals surface area contributed by atoms with Crippen LogP contribution in [0.3, 0.4) is 0 Å². The lowest BCUT2D eigenvalue weighted by atomic mass is 9.83. The number of aromatic amines is 1. The number of hydrogen-bond donors (Lipinski definition) is 2. The number of hydrogen-bond acceptors (Lipinski definition) is 14. The topological polar surface area (TPSA) is 255 Å². The summed E-state index contributed by atoms with van der Waals surface area (Å²) < 4.78 is 50.0. The van der Waals surface area contributed by atoms with E-state index in [-0.39, 0.29) is 0 Å². The van der Waals surface area contributed by atoms with E-state index in [9.17, 15) is 48.0 Å². The number of nitrogens with zero attached hydrogens (tertiary/aromatic N) is 1. The van der Waals surface area contributed by atoms with Gasteiger partial charge in [0, 0.05) is 12.3 Å². The van der Waals surface area contributed by atoms with Gasteiger partial charge in [-0.2, -0.15) is 0 Å². The van der Waals surface area contributed by atoms with Crippen LogP contribution in [0.15, 0.2) is 21.9 Å². The van der Waals surface area contributed by atoms with Crippen LogP contribution < -0.4 is 30.8 Å². The summed E-state index contributed by atoms with van der Waals surface area (Å²) in [5, 5.41) is 10.4. The molecule has 1 aliphatic heterocycles. The molecule has 0 aromatic carbocycles. The van der Waals surface area contributed by atoms with Crippen LogP contribution in [0.25, 0.3) is 0 Å². The number of aromatic nitrogens is 2. The van der Waals surface area contributed by atoms with Crippen molar-refractivity contribution in [3.8, 4) is 12.3 Å². The zero-order chi connectivity index (χ0) is 23.8. The summed E-state index contributed by atoms with van der Waals surface area (Å²) in [6.45, 7) is 0.160. The predicted octanol–water partition coefficient (Wildman–Crippen LogP) is -3.75. The molecule has 6 atom stereocenters. The first-order valence-electron chi connectivity index (χ1n) is 7.84. The molecule has 1 aromatic heterocycles. The van der Waals surface area contributed by atoms with Gasteiger partial charge in [-0.25, -0.2) is 9.11 Å². The second kappa shape index (κ2) is 8.84. The number of aliphatic hydroxyl groups excluding tert-OH is 1. The molecule has 19 heteroatoms. The summed E-state index contributed by atoms with van der Waals surface area (Å²) in [5.74, 6) is 2.20. The highest BCUT2D eigenvalue weighted by molar-refractivity contribution is 7.64. The van der Waals surface area contributed by atoms with Crippen LogP contribution in [0.1, 0.15) is 13.2 Å². The van der Waals surface area contributed by atoms with Gasteiger partial charge in [-0.3, -0.25) is 27.8 Å². The third-order valence-electron chi connectivity index (χ3n) is 3.99. The SMILES string of the molecule is C#C[C@]1(C)[C@H](O)[C@@H](COP(=O)([O-])OP(=O)([O-])OP(=O)([O-])[O-])O[C@H]1n1ccc(=O)[nH]c1=O. The van der Waals surface area contributed by atoms with Crippen LogP contribution in [0.4, 0.5) is 0 Å². The quantitative estimate of drug-likeness (QED) is 0.256. The Hall–Kier alpha value is -1.43. The summed E-state index contributed by atoms with van der Waals surface area (Å²) in [4.78, 5) is 68.6. The molecule has 0 spiro atoms. The van der Waals surface area contributed by atoms with Crippen molar-refractivity contribution in [1.29, 1.82) is 0 Å². The average molecular weight is 502 g/mol. The Kier molecular flexibility index (Phi) is 7.36. The summed E-state index contributed by atoms with van der Waals surface area (Å²) in [6, 6.07) is 0.952. The van der Waals surface area contributed by atoms with Gasteiger partial charge in [0.1, 0.15) is 17.6 Å². The van der Waals surface area contributed by atoms with Crippen LogP contribution in [0.5, 0.6) is 0 Å². The third-order valence-corrected chi connectivity index (χ3v) is 7.66. The van der Waals surface area contributed by atoms with Gasteiger partial charge in [0.05, 0.1) is 14.4 Å². The molecule has 0 amide bonds. The molecular formula is C12H13N2O14P3-4. The molecule has 1 aromatic rings. The Bertz CT molecular complexity index is 1130. The highest BCUT2D eigenvalue weighted by Gasteiger charge is 2.53. The number of nitrogens with one attached hydrogen (secondary N) is 1. The van der Waals surface area contributed by atoms with E-state index in [1.165, 1.54) is 6.92 Å². The standard InChI is InChI=1S/C12H17N2O14P3/c1-3-12(2)9(16)7(26-10(12)14-5-4-8(15)13-11(14)17)6-25-30(21,22)28-31(23,24)27-29(18,19)20/h1,4-5,7,9-10,16H,6H2,2H3,(H,21,22)(H,23,24)(H,13,15,17)(H2,18,19,20)/p-4/t7-,9-,10-,12-/m1/s1. The van der Waals surface area contributed by atoms with E-state index in [0.29, 0.717) is 0 Å². The van der Waals surface area contributed by atoms with Crippen LogP contribution in [0.2, 0.25) is 0 Å². The van der Waals surface area contributed by atoms with Gasteiger partial charge in [-0.1, -0.05) is 5.92 Å². The van der Waals surface area contributed by atoms with Crippen molar-refractivity contribution in [3.63, 3.8) is 0 Å². The molecule has 31 heavy (non-hydrogen) atoms. The molecule has 0 saturated carbocycles. The first kappa shape index (κ1) is 25.8. The normalized spacial score (nSPS) is 30.3. The molecule has 2 unspecified atom stereocenters. The Morgan fingerprint density at radius 3 is 2.39 bits per heavy atom. The summed E-state index contributed by atoms with van der Waals surface area (Å²) in [6.07, 6.45) is 1.75. The number of phosphoric acid groups is 3. The van der Waals surface area contributed by atoms with E-state index in [0.717, 1.165) is 16.8 Å². The second-order valence-electron chi connectivity index (χ2n) is 6.22. The minimum absolute atomic E-state index is 0.739. The monoisotopic (exact) mass is 502 g/mol. The van der Waals surface area contributed by atoms with Crippen LogP contribution in [-0.2, 0) is 31.6 Å². The van der Waals surface area contributed by atoms with E-state index in [2.05, 4.69) is 19.1 Å². The highest BCUT2D eigenvalue weighted by Crippen LogP contribution is 2.60. The van der Waals surface area contributed by atoms with E-state index >= 15 is 0 Å². The summed E-state index contributed by atoms with van der Waals surface area (Å²) >= 11 is 0. The van der Waals surface area contributed by atoms with Gasteiger partial charge in [-0.15, -0.1) is 6.42 Å². The number of H-pyrrole nitrogens is 1. The Morgan fingerprint density at radius 2 is 1.87 bits per heavy atom. The third kappa shape index (κ3) is 6.30. The van der Waals surface area contributed by atoms with Crippen LogP contribution in [-0.4, -0.2) is 33.5 Å². The van der Waals surface area contributed by atoms with Crippen molar-refractivity contribution < 1.29 is 56.3 Å². The van der Waals surface area contributed by atoms with Gasteiger partial charge < -0.3 is 38.5 Å². The largest absolute Gasteiger partial charge is 0.790 e. The first-order valence-corrected chi connectivity index (χ1v) is 12.2. The molecule has 0 bridgehead atoms. The number of terminal acetylenes is 1. The van der Waals surface area contributed by atoms with E-state index < -0.39 is 65.2 Å². The Morgan fingerprint density at radius 1 is 1.26 bits per heavy atom. The fourth-order valence-corrected chi connectivity index (χ4v) is 5.48. The predicted molar refractivity (Wildman–Crippen MR) is 89.1 cm³/mol. The Labute approximate surface area is 172 Å². The molecule has 0 aliphatic carbocycles. The van der Waals surface area contributed by atoms with Crippen molar-refractivity contribution in [3.05, 3.63) is 33.1 Å². The zero-order valence-electron chi connectivity index (χ0n) is 15.2. The number of rotatable bonds is 8. The van der Waals surface area contributed by atoms with E-state index in [1.54, 1.807) is 0 Å². The van der Waals surface area contributed by atoms with Gasteiger partial charge >= 0.3 is 5.69 Å². The molecule has 0 radical (unpaired) electrons. The van der Waals surface area contributed by atoms with Crippen molar-refractivity contribution >= 4 is 23.5 Å². The fourth-order valence-electron chi connectivity index (χ4n) is 2.62. The molecule has 174 valence electrons. The smallest absolute Gasteiger partial charge is 0.330 e. The number of aliphatic hydroxyl groups is 1. The lowest BCUT2D eigenvalue weighted by Gasteiger charge is -2.37. The van der Waals surface area contributed by atoms with Gasteiger partial charge in [-0.05, 0) is 6.92 Å². The first-order chi connectivity index (χ1) is 14.0. The van der Waals surface area contributed by atoms with E-state index in [1.807, 2.05) is 4.98 Å². The van der Waals surface area contributed by atoms with Crippen molar-refractivity contribution in [2.75, 3.05) is 6.61 Å². The minimum atomic E-state index is -6.17. The second-order valence-corrected chi connectivity index (χ2v) is 10.5. The molecule has 1 saturated heterocycles. The maximum Gasteiger partial charge on any atom is 0.330 e. The molecule has 1 fully saturated rings. The average Bonchev–Trinajstić information content (AvgIpc) is 2.82. The van der Waals surface area contributed by atoms with Gasteiger partial charge in [0.25, 0.3) is 21.2 Å². The maximum atomic E-state index is 12.0. The maximum absolute atomic E-state index is 12.0. The number of phosphoric ester groups is 1. The van der Waals surface area contributed by atoms with Crippen LogP contribution in [0, 0.1) is 17.8 Å². The Balaban J connectivity index is 2.19. The number of ether oxygens (including phenoxy) is 1. The molecule has 1 aliphatic rings. The van der Waals surface area contributed by atoms with Crippen molar-refractivity contribution in [2.24, 2.45) is 5.41 Å². The summed E-state index contributed by atoms with van der Waals surface area (Å²) in [5.41, 5.74) is -3.36. The fraction of sp³-hybridized carbons (Fsp3) is 0.500. The van der Waals surface area contributed by atoms with Gasteiger partial charge in [0.2, 0.25) is 0 Å². The van der Waals surface area contributed by atoms with Crippen molar-refractivity contribution in [2.45, 2.75) is 25.4 Å².